The summed E-state index contributed by atoms with van der Waals surface area (Å²) in [5.41, 5.74) is 4.38. The van der Waals surface area contributed by atoms with Crippen LogP contribution >= 0.6 is 11.3 Å². The van der Waals surface area contributed by atoms with Gasteiger partial charge in [0.2, 0.25) is 5.91 Å². The maximum absolute atomic E-state index is 14.1. The Morgan fingerprint density at radius 1 is 1.18 bits per heavy atom. The number of ether oxygens (including phenoxy) is 2. The van der Waals surface area contributed by atoms with Crippen molar-refractivity contribution in [2.24, 2.45) is 5.92 Å². The molecule has 3 atom stereocenters. The van der Waals surface area contributed by atoms with Crippen molar-refractivity contribution in [2.45, 2.75) is 82.6 Å². The first kappa shape index (κ1) is 26.8. The van der Waals surface area contributed by atoms with E-state index in [1.54, 1.807) is 9.80 Å². The lowest BCUT2D eigenvalue weighted by Crippen LogP contribution is -2.50. The molecule has 0 unspecified atom stereocenters. The van der Waals surface area contributed by atoms with Gasteiger partial charge in [-0.15, -0.1) is 11.3 Å². The SMILES string of the molecule is COC(=O)[C@@H]1C[C@@H]2CN1C(=O)[C@H](C1CCCC1)Nc1nc(cs1)CCC/C=C/c1cccc3c1CN(C3)C(=O)O2. The predicted octanol–water partition coefficient (Wildman–Crippen LogP) is 4.76. The summed E-state index contributed by atoms with van der Waals surface area (Å²) in [4.78, 5) is 48.2. The fraction of sp³-hybridized carbons (Fsp3) is 0.533. The molecule has 40 heavy (non-hydrogen) atoms. The molecule has 1 aromatic heterocycles. The first-order chi connectivity index (χ1) is 19.5. The van der Waals surface area contributed by atoms with Crippen LogP contribution in [0.5, 0.6) is 0 Å². The topological polar surface area (TPSA) is 101 Å². The zero-order chi connectivity index (χ0) is 27.6. The van der Waals surface area contributed by atoms with Crippen molar-refractivity contribution in [2.75, 3.05) is 19.0 Å². The van der Waals surface area contributed by atoms with Crippen molar-refractivity contribution in [1.29, 1.82) is 0 Å². The summed E-state index contributed by atoms with van der Waals surface area (Å²) in [6, 6.07) is 4.86. The zero-order valence-corrected chi connectivity index (χ0v) is 23.7. The number of hydrogen-bond donors (Lipinski definition) is 1. The number of allylic oxidation sites excluding steroid dienone is 1. The van der Waals surface area contributed by atoms with E-state index in [0.29, 0.717) is 13.1 Å². The molecule has 2 amide bonds. The fourth-order valence-corrected chi connectivity index (χ4v) is 7.30. The molecular weight excluding hydrogens is 528 g/mol. The summed E-state index contributed by atoms with van der Waals surface area (Å²) in [6.07, 6.45) is 10.3. The number of methoxy groups -OCH3 is 1. The minimum Gasteiger partial charge on any atom is -0.467 e. The molecule has 10 heteroatoms. The van der Waals surface area contributed by atoms with Gasteiger partial charge in [-0.05, 0) is 54.7 Å². The summed E-state index contributed by atoms with van der Waals surface area (Å²) < 4.78 is 11.0. The Labute approximate surface area is 238 Å². The molecule has 1 saturated heterocycles. The molecule has 1 aromatic carbocycles. The number of rotatable bonds is 2. The average Bonchev–Trinajstić information content (AvgIpc) is 3.76. The second-order valence-electron chi connectivity index (χ2n) is 11.2. The summed E-state index contributed by atoms with van der Waals surface area (Å²) in [5.74, 6) is -0.493. The molecular formula is C30H36N4O5S. The molecule has 1 saturated carbocycles. The highest BCUT2D eigenvalue weighted by atomic mass is 32.1. The molecule has 1 aliphatic carbocycles. The Bertz CT molecular complexity index is 1300. The lowest BCUT2D eigenvalue weighted by molar-refractivity contribution is -0.151. The molecule has 0 radical (unpaired) electrons. The third kappa shape index (κ3) is 5.46. The van der Waals surface area contributed by atoms with E-state index in [9.17, 15) is 14.4 Å². The lowest BCUT2D eigenvalue weighted by Gasteiger charge is -2.30. The Hall–Kier alpha value is -3.40. The molecule has 4 aliphatic rings. The molecule has 0 spiro atoms. The lowest BCUT2D eigenvalue weighted by atomic mass is 9.96. The number of esters is 1. The van der Waals surface area contributed by atoms with Gasteiger partial charge in [-0.25, -0.2) is 14.6 Å². The fourth-order valence-electron chi connectivity index (χ4n) is 6.52. The van der Waals surface area contributed by atoms with Crippen LogP contribution in [0.2, 0.25) is 0 Å². The number of carbonyl (C=O) groups is 3. The zero-order valence-electron chi connectivity index (χ0n) is 22.8. The Balaban J connectivity index is 1.30. The highest BCUT2D eigenvalue weighted by Crippen LogP contribution is 2.34. The number of aromatic nitrogens is 1. The molecule has 1 N–H and O–H groups in total. The molecule has 9 nitrogen and oxygen atoms in total. The van der Waals surface area contributed by atoms with Crippen LogP contribution in [-0.2, 0) is 38.6 Å². The normalized spacial score (nSPS) is 26.4. The number of amides is 2. The van der Waals surface area contributed by atoms with E-state index in [1.165, 1.54) is 18.4 Å². The number of carbonyl (C=O) groups excluding carboxylic acids is 3. The minimum atomic E-state index is -0.797. The van der Waals surface area contributed by atoms with Gasteiger partial charge in [0, 0.05) is 18.3 Å². The van der Waals surface area contributed by atoms with Gasteiger partial charge >= 0.3 is 12.1 Å². The van der Waals surface area contributed by atoms with Crippen LogP contribution in [0.15, 0.2) is 29.7 Å². The van der Waals surface area contributed by atoms with Crippen LogP contribution in [0.4, 0.5) is 9.93 Å². The summed E-state index contributed by atoms with van der Waals surface area (Å²) in [7, 11) is 1.33. The van der Waals surface area contributed by atoms with Gasteiger partial charge < -0.3 is 19.7 Å². The third-order valence-corrected chi connectivity index (χ3v) is 9.46. The molecule has 6 bridgehead atoms. The van der Waals surface area contributed by atoms with Gasteiger partial charge in [-0.3, -0.25) is 9.69 Å². The minimum absolute atomic E-state index is 0.153. The average molecular weight is 565 g/mol. The van der Waals surface area contributed by atoms with Crippen molar-refractivity contribution in [3.63, 3.8) is 0 Å². The van der Waals surface area contributed by atoms with E-state index in [1.807, 2.05) is 6.07 Å². The van der Waals surface area contributed by atoms with Crippen molar-refractivity contribution in [3.8, 4) is 0 Å². The highest BCUT2D eigenvalue weighted by molar-refractivity contribution is 7.13. The quantitative estimate of drug-likeness (QED) is 0.525. The number of benzene rings is 1. The van der Waals surface area contributed by atoms with Crippen LogP contribution in [0.25, 0.3) is 6.08 Å². The van der Waals surface area contributed by atoms with E-state index >= 15 is 0 Å². The second kappa shape index (κ2) is 11.6. The molecule has 3 aliphatic heterocycles. The van der Waals surface area contributed by atoms with Gasteiger partial charge in [-0.1, -0.05) is 43.2 Å². The van der Waals surface area contributed by atoms with E-state index < -0.39 is 30.3 Å². The number of thiazole rings is 1. The first-order valence-corrected chi connectivity index (χ1v) is 15.2. The van der Waals surface area contributed by atoms with Gasteiger partial charge in [0.25, 0.3) is 0 Å². The smallest absolute Gasteiger partial charge is 0.410 e. The van der Waals surface area contributed by atoms with Crippen molar-refractivity contribution >= 4 is 40.5 Å². The summed E-state index contributed by atoms with van der Waals surface area (Å²) in [5, 5.41) is 6.23. The molecule has 212 valence electrons. The maximum Gasteiger partial charge on any atom is 0.410 e. The molecule has 6 rings (SSSR count). The number of nitrogens with zero attached hydrogens (tertiary/aromatic N) is 3. The van der Waals surface area contributed by atoms with E-state index in [2.05, 4.69) is 35.0 Å². The predicted molar refractivity (Wildman–Crippen MR) is 152 cm³/mol. The molecule has 4 heterocycles. The van der Waals surface area contributed by atoms with E-state index in [4.69, 9.17) is 14.5 Å². The van der Waals surface area contributed by atoms with Gasteiger partial charge in [-0.2, -0.15) is 0 Å². The van der Waals surface area contributed by atoms with Gasteiger partial charge in [0.05, 0.1) is 25.9 Å². The monoisotopic (exact) mass is 564 g/mol. The van der Waals surface area contributed by atoms with E-state index in [-0.39, 0.29) is 24.8 Å². The van der Waals surface area contributed by atoms with Gasteiger partial charge in [0.15, 0.2) is 5.13 Å². The number of anilines is 1. The van der Waals surface area contributed by atoms with Crippen LogP contribution < -0.4 is 5.32 Å². The van der Waals surface area contributed by atoms with Crippen molar-refractivity contribution in [1.82, 2.24) is 14.8 Å². The Morgan fingerprint density at radius 3 is 2.85 bits per heavy atom. The Morgan fingerprint density at radius 2 is 2.02 bits per heavy atom. The largest absolute Gasteiger partial charge is 0.467 e. The number of fused-ring (bicyclic) bond motifs is 5. The van der Waals surface area contributed by atoms with Crippen LogP contribution in [-0.4, -0.2) is 64.6 Å². The third-order valence-electron chi connectivity index (χ3n) is 8.63. The Kier molecular flexibility index (Phi) is 7.78. The van der Waals surface area contributed by atoms with Crippen molar-refractivity contribution < 1.29 is 23.9 Å². The molecule has 2 fully saturated rings. The van der Waals surface area contributed by atoms with Gasteiger partial charge in [0.1, 0.15) is 18.2 Å². The number of hydrogen-bond acceptors (Lipinski definition) is 8. The highest BCUT2D eigenvalue weighted by Gasteiger charge is 2.46. The van der Waals surface area contributed by atoms with E-state index in [0.717, 1.165) is 72.5 Å². The standard InChI is InChI=1S/C30H36N4O5S/c1-38-28(36)25-14-23-16-34(25)27(35)26(20-9-5-6-10-20)32-29-31-22(18-40-29)13-4-2-3-8-19-11-7-12-21-15-33(17-24(19)21)30(37)39-23/h3,7-8,11-12,18,20,23,25-26H,2,4-6,9-10,13-17H2,1H3,(H,31,32)/b8-3+/t23-,25+,26+/m1/s1. The van der Waals surface area contributed by atoms with Crippen LogP contribution in [0.1, 0.15) is 67.3 Å². The van der Waals surface area contributed by atoms with Crippen LogP contribution in [0, 0.1) is 5.92 Å². The maximum atomic E-state index is 14.1. The first-order valence-electron chi connectivity index (χ1n) is 14.3. The van der Waals surface area contributed by atoms with Crippen molar-refractivity contribution in [3.05, 3.63) is 52.0 Å². The molecule has 2 aromatic rings. The summed E-state index contributed by atoms with van der Waals surface area (Å²) >= 11 is 1.52. The number of aryl methyl sites for hydroxylation is 1. The van der Waals surface area contributed by atoms with Crippen LogP contribution in [0.3, 0.4) is 0 Å². The summed E-state index contributed by atoms with van der Waals surface area (Å²) in [6.45, 7) is 1.11. The second-order valence-corrected chi connectivity index (χ2v) is 12.1. The number of nitrogens with one attached hydrogen (secondary N) is 1.